The predicted octanol–water partition coefficient (Wildman–Crippen LogP) is 10.5. The summed E-state index contributed by atoms with van der Waals surface area (Å²) in [5.41, 5.74) is 7.51. The summed E-state index contributed by atoms with van der Waals surface area (Å²) in [4.78, 5) is 15.0. The molecule has 7 aromatic carbocycles. The molecule has 0 radical (unpaired) electrons. The maximum absolute atomic E-state index is 5.03. The van der Waals surface area contributed by atoms with Gasteiger partial charge >= 0.3 is 0 Å². The van der Waals surface area contributed by atoms with E-state index in [-0.39, 0.29) is 0 Å². The third-order valence-corrected chi connectivity index (χ3v) is 8.08. The minimum atomic E-state index is 0.650. The molecule has 0 spiro atoms. The Hall–Kier alpha value is -5.93. The van der Waals surface area contributed by atoms with Crippen molar-refractivity contribution in [3.63, 3.8) is 0 Å². The molecule has 0 saturated heterocycles. The van der Waals surface area contributed by atoms with Crippen molar-refractivity contribution < 1.29 is 0 Å². The van der Waals surface area contributed by atoms with Gasteiger partial charge in [-0.1, -0.05) is 140 Å². The van der Waals surface area contributed by atoms with Gasteiger partial charge < -0.3 is 0 Å². The zero-order valence-electron chi connectivity index (χ0n) is 23.9. The van der Waals surface area contributed by atoms with Crippen LogP contribution in [0.3, 0.4) is 0 Å². The van der Waals surface area contributed by atoms with Gasteiger partial charge in [0.05, 0.1) is 0 Å². The molecule has 1 aromatic heterocycles. The highest BCUT2D eigenvalue weighted by Crippen LogP contribution is 2.32. The number of rotatable bonds is 5. The van der Waals surface area contributed by atoms with E-state index in [1.165, 1.54) is 27.3 Å². The minimum Gasteiger partial charge on any atom is -0.208 e. The molecular formula is C41H27N3. The first-order valence-corrected chi connectivity index (χ1v) is 14.8. The third kappa shape index (κ3) is 5.01. The van der Waals surface area contributed by atoms with Crippen LogP contribution in [0.2, 0.25) is 0 Å². The van der Waals surface area contributed by atoms with Crippen molar-refractivity contribution in [3.8, 4) is 56.4 Å². The lowest BCUT2D eigenvalue weighted by atomic mass is 9.98. The van der Waals surface area contributed by atoms with E-state index < -0.39 is 0 Å². The van der Waals surface area contributed by atoms with Gasteiger partial charge in [-0.05, 0) is 68.1 Å². The monoisotopic (exact) mass is 561 g/mol. The first kappa shape index (κ1) is 25.8. The zero-order valence-corrected chi connectivity index (χ0v) is 23.9. The molecular weight excluding hydrogens is 534 g/mol. The van der Waals surface area contributed by atoms with E-state index in [2.05, 4.69) is 127 Å². The van der Waals surface area contributed by atoms with E-state index in [0.29, 0.717) is 17.5 Å². The van der Waals surface area contributed by atoms with Gasteiger partial charge in [0.25, 0.3) is 0 Å². The molecule has 0 aliphatic rings. The molecule has 0 fully saturated rings. The van der Waals surface area contributed by atoms with E-state index in [1.807, 2.05) is 36.4 Å². The van der Waals surface area contributed by atoms with Crippen molar-refractivity contribution in [3.05, 3.63) is 164 Å². The molecule has 0 saturated carbocycles. The predicted molar refractivity (Wildman–Crippen MR) is 182 cm³/mol. The highest BCUT2D eigenvalue weighted by atomic mass is 15.0. The number of fused-ring (bicyclic) bond motifs is 2. The van der Waals surface area contributed by atoms with Crippen molar-refractivity contribution >= 4 is 21.5 Å². The third-order valence-electron chi connectivity index (χ3n) is 8.08. The SMILES string of the molecule is c1ccc(-c2cccc(-c3nc(-c4ccccc4)nc(-c4ccc5ccc(-c6ccc7ccccc7c6)cc5c4)n3)c2)cc1. The maximum atomic E-state index is 5.03. The molecule has 8 rings (SSSR count). The maximum Gasteiger partial charge on any atom is 0.164 e. The quantitative estimate of drug-likeness (QED) is 0.210. The highest BCUT2D eigenvalue weighted by molar-refractivity contribution is 5.93. The fraction of sp³-hybridized carbons (Fsp3) is 0. The molecule has 0 atom stereocenters. The van der Waals surface area contributed by atoms with Crippen molar-refractivity contribution in [1.82, 2.24) is 15.0 Å². The van der Waals surface area contributed by atoms with E-state index in [0.717, 1.165) is 33.2 Å². The van der Waals surface area contributed by atoms with Gasteiger partial charge in [-0.3, -0.25) is 0 Å². The molecule has 206 valence electrons. The van der Waals surface area contributed by atoms with Gasteiger partial charge in [-0.15, -0.1) is 0 Å². The molecule has 0 bridgehead atoms. The lowest BCUT2D eigenvalue weighted by molar-refractivity contribution is 1.07. The number of hydrogen-bond donors (Lipinski definition) is 0. The van der Waals surface area contributed by atoms with Crippen molar-refractivity contribution in [2.45, 2.75) is 0 Å². The Balaban J connectivity index is 1.25. The van der Waals surface area contributed by atoms with Crippen molar-refractivity contribution in [2.75, 3.05) is 0 Å². The molecule has 3 nitrogen and oxygen atoms in total. The lowest BCUT2D eigenvalue weighted by Gasteiger charge is -2.11. The van der Waals surface area contributed by atoms with Gasteiger partial charge in [-0.2, -0.15) is 0 Å². The van der Waals surface area contributed by atoms with Crippen LogP contribution >= 0.6 is 0 Å². The number of hydrogen-bond acceptors (Lipinski definition) is 3. The van der Waals surface area contributed by atoms with Crippen LogP contribution in [-0.2, 0) is 0 Å². The lowest BCUT2D eigenvalue weighted by Crippen LogP contribution is -2.00. The van der Waals surface area contributed by atoms with Crippen LogP contribution < -0.4 is 0 Å². The Kier molecular flexibility index (Phi) is 6.47. The van der Waals surface area contributed by atoms with Gasteiger partial charge in [0.1, 0.15) is 0 Å². The minimum absolute atomic E-state index is 0.650. The second kappa shape index (κ2) is 11.0. The molecule has 0 aliphatic carbocycles. The topological polar surface area (TPSA) is 38.7 Å². The molecule has 8 aromatic rings. The summed E-state index contributed by atoms with van der Waals surface area (Å²) in [5.74, 6) is 1.95. The molecule has 1 heterocycles. The largest absolute Gasteiger partial charge is 0.208 e. The first-order valence-electron chi connectivity index (χ1n) is 14.8. The Morgan fingerprint density at radius 3 is 1.32 bits per heavy atom. The van der Waals surface area contributed by atoms with Gasteiger partial charge in [0.15, 0.2) is 17.5 Å². The van der Waals surface area contributed by atoms with E-state index >= 15 is 0 Å². The Morgan fingerprint density at radius 2 is 0.636 bits per heavy atom. The summed E-state index contributed by atoms with van der Waals surface area (Å²) in [6, 6.07) is 57.1. The van der Waals surface area contributed by atoms with Crippen molar-refractivity contribution in [2.24, 2.45) is 0 Å². The summed E-state index contributed by atoms with van der Waals surface area (Å²) in [7, 11) is 0. The highest BCUT2D eigenvalue weighted by Gasteiger charge is 2.14. The molecule has 44 heavy (non-hydrogen) atoms. The van der Waals surface area contributed by atoms with Crippen LogP contribution in [0, 0.1) is 0 Å². The molecule has 0 amide bonds. The van der Waals surface area contributed by atoms with E-state index in [1.54, 1.807) is 0 Å². The second-order valence-electron chi connectivity index (χ2n) is 11.0. The van der Waals surface area contributed by atoms with Gasteiger partial charge in [-0.25, -0.2) is 15.0 Å². The average Bonchev–Trinajstić information content (AvgIpc) is 3.11. The summed E-state index contributed by atoms with van der Waals surface area (Å²) < 4.78 is 0. The summed E-state index contributed by atoms with van der Waals surface area (Å²) in [6.07, 6.45) is 0. The van der Waals surface area contributed by atoms with Gasteiger partial charge in [0, 0.05) is 16.7 Å². The van der Waals surface area contributed by atoms with Crippen LogP contribution in [0.4, 0.5) is 0 Å². The fourth-order valence-electron chi connectivity index (χ4n) is 5.75. The second-order valence-corrected chi connectivity index (χ2v) is 11.0. The Bertz CT molecular complexity index is 2270. The summed E-state index contributed by atoms with van der Waals surface area (Å²) in [6.45, 7) is 0. The Labute approximate surface area is 256 Å². The summed E-state index contributed by atoms with van der Waals surface area (Å²) in [5, 5.41) is 4.80. The van der Waals surface area contributed by atoms with Gasteiger partial charge in [0.2, 0.25) is 0 Å². The average molecular weight is 562 g/mol. The molecule has 0 aliphatic heterocycles. The number of aromatic nitrogens is 3. The molecule has 3 heteroatoms. The van der Waals surface area contributed by atoms with Crippen LogP contribution in [0.15, 0.2) is 164 Å². The number of nitrogens with zero attached hydrogens (tertiary/aromatic N) is 3. The normalized spacial score (nSPS) is 11.2. The van der Waals surface area contributed by atoms with Crippen LogP contribution in [0.25, 0.3) is 78.0 Å². The fourth-order valence-corrected chi connectivity index (χ4v) is 5.75. The van der Waals surface area contributed by atoms with E-state index in [4.69, 9.17) is 15.0 Å². The molecule has 0 N–H and O–H groups in total. The molecule has 0 unspecified atom stereocenters. The van der Waals surface area contributed by atoms with Crippen LogP contribution in [0.5, 0.6) is 0 Å². The van der Waals surface area contributed by atoms with Crippen LogP contribution in [0.1, 0.15) is 0 Å². The van der Waals surface area contributed by atoms with Crippen LogP contribution in [-0.4, -0.2) is 15.0 Å². The van der Waals surface area contributed by atoms with Crippen molar-refractivity contribution in [1.29, 1.82) is 0 Å². The Morgan fingerprint density at radius 1 is 0.227 bits per heavy atom. The van der Waals surface area contributed by atoms with E-state index in [9.17, 15) is 0 Å². The summed E-state index contributed by atoms with van der Waals surface area (Å²) >= 11 is 0. The zero-order chi connectivity index (χ0) is 29.3. The first-order chi connectivity index (χ1) is 21.8. The standard InChI is InChI=1S/C41H27N3/c1-3-10-28(11-4-1)33-16-9-17-36(25-33)40-42-39(31-13-5-2-6-14-31)43-41(44-40)37-23-20-30-19-22-35(26-38(30)27-37)34-21-18-29-12-7-8-15-32(29)24-34/h1-27H. The smallest absolute Gasteiger partial charge is 0.164 e. The number of benzene rings is 7.